The Morgan fingerprint density at radius 2 is 2.08 bits per heavy atom. The van der Waals surface area contributed by atoms with Gasteiger partial charge in [0, 0.05) is 48.4 Å². The van der Waals surface area contributed by atoms with Crippen molar-refractivity contribution in [2.24, 2.45) is 11.8 Å². The highest BCUT2D eigenvalue weighted by molar-refractivity contribution is 5.25. The van der Waals surface area contributed by atoms with Crippen LogP contribution in [0.15, 0.2) is 24.5 Å². The molecule has 0 bridgehead atoms. The Hall–Kier alpha value is -1.72. The second kappa shape index (κ2) is 6.17. The molecule has 2 aromatic heterocycles. The molecule has 1 aliphatic heterocycles. The van der Waals surface area contributed by atoms with E-state index < -0.39 is 5.60 Å². The molecule has 140 valence electrons. The number of pyridine rings is 1. The van der Waals surface area contributed by atoms with Gasteiger partial charge in [-0.15, -0.1) is 0 Å². The van der Waals surface area contributed by atoms with E-state index >= 15 is 0 Å². The van der Waals surface area contributed by atoms with E-state index in [2.05, 4.69) is 46.9 Å². The van der Waals surface area contributed by atoms with E-state index in [0.29, 0.717) is 5.92 Å². The minimum atomic E-state index is -0.781. The molecular formula is C21H30N4O. The number of nitrogens with zero attached hydrogens (tertiary/aromatic N) is 3. The highest BCUT2D eigenvalue weighted by atomic mass is 16.3. The molecule has 0 aromatic carbocycles. The van der Waals surface area contributed by atoms with Crippen LogP contribution in [0.1, 0.15) is 56.1 Å². The lowest BCUT2D eigenvalue weighted by atomic mass is 9.85. The van der Waals surface area contributed by atoms with Crippen LogP contribution in [0, 0.1) is 18.8 Å². The normalized spacial score (nSPS) is 29.3. The number of aromatic amines is 1. The molecule has 0 unspecified atom stereocenters. The van der Waals surface area contributed by atoms with Crippen molar-refractivity contribution in [2.75, 3.05) is 13.1 Å². The van der Waals surface area contributed by atoms with Crippen LogP contribution in [-0.4, -0.2) is 38.3 Å². The first kappa shape index (κ1) is 17.7. The predicted molar refractivity (Wildman–Crippen MR) is 102 cm³/mol. The van der Waals surface area contributed by atoms with Crippen molar-refractivity contribution in [3.63, 3.8) is 0 Å². The third-order valence-corrected chi connectivity index (χ3v) is 6.24. The quantitative estimate of drug-likeness (QED) is 0.889. The van der Waals surface area contributed by atoms with Crippen LogP contribution in [0.5, 0.6) is 0 Å². The number of aromatic nitrogens is 3. The molecule has 4 rings (SSSR count). The Balaban J connectivity index is 1.52. The van der Waals surface area contributed by atoms with Crippen LogP contribution < -0.4 is 0 Å². The van der Waals surface area contributed by atoms with E-state index in [-0.39, 0.29) is 11.3 Å². The van der Waals surface area contributed by atoms with Gasteiger partial charge in [0.25, 0.3) is 0 Å². The van der Waals surface area contributed by atoms with Crippen LogP contribution in [-0.2, 0) is 17.6 Å². The summed E-state index contributed by atoms with van der Waals surface area (Å²) in [5, 5.41) is 18.9. The zero-order valence-corrected chi connectivity index (χ0v) is 16.3. The maximum atomic E-state index is 11.4. The first-order chi connectivity index (χ1) is 12.3. The molecule has 2 fully saturated rings. The zero-order valence-electron chi connectivity index (χ0n) is 16.3. The highest BCUT2D eigenvalue weighted by Gasteiger charge is 2.53. The average molecular weight is 354 g/mol. The smallest absolute Gasteiger partial charge is 0.111 e. The first-order valence-electron chi connectivity index (χ1n) is 9.68. The van der Waals surface area contributed by atoms with Crippen molar-refractivity contribution in [2.45, 2.75) is 58.1 Å². The standard InChI is InChI=1S/C21H30N4O/c1-14-5-6-18(22-9-14)21(26)8-7-15-11-25(13-17(15)21)12-16-10-23-24-19(16)20(2,3)4/h5-6,9-10,15,17,26H,7-8,11-13H2,1-4H3,(H,23,24)/t15-,17+,21-/m0/s1. The summed E-state index contributed by atoms with van der Waals surface area (Å²) in [6.45, 7) is 11.5. The molecule has 3 heterocycles. The second-order valence-corrected chi connectivity index (χ2v) is 9.26. The highest BCUT2D eigenvalue weighted by Crippen LogP contribution is 2.50. The van der Waals surface area contributed by atoms with Gasteiger partial charge >= 0.3 is 0 Å². The summed E-state index contributed by atoms with van der Waals surface area (Å²) in [5.74, 6) is 0.816. The van der Waals surface area contributed by atoms with Gasteiger partial charge in [0.15, 0.2) is 0 Å². The molecule has 2 aliphatic rings. The minimum Gasteiger partial charge on any atom is -0.383 e. The summed E-state index contributed by atoms with van der Waals surface area (Å²) in [7, 11) is 0. The number of nitrogens with one attached hydrogen (secondary N) is 1. The van der Waals surface area contributed by atoms with Gasteiger partial charge in [-0.1, -0.05) is 26.8 Å². The fourth-order valence-corrected chi connectivity index (χ4v) is 4.88. The van der Waals surface area contributed by atoms with Crippen LogP contribution in [0.4, 0.5) is 0 Å². The van der Waals surface area contributed by atoms with Gasteiger partial charge in [-0.2, -0.15) is 5.10 Å². The predicted octanol–water partition coefficient (Wildman–Crippen LogP) is 3.14. The summed E-state index contributed by atoms with van der Waals surface area (Å²) in [5.41, 5.74) is 3.75. The zero-order chi connectivity index (χ0) is 18.5. The Labute approximate surface area is 155 Å². The first-order valence-corrected chi connectivity index (χ1v) is 9.68. The molecule has 1 saturated heterocycles. The van der Waals surface area contributed by atoms with Crippen molar-refractivity contribution in [1.29, 1.82) is 0 Å². The molecule has 5 heteroatoms. The number of H-pyrrole nitrogens is 1. The number of hydrogen-bond donors (Lipinski definition) is 2. The van der Waals surface area contributed by atoms with E-state index in [9.17, 15) is 5.11 Å². The SMILES string of the molecule is Cc1ccc([C@]2(O)CC[C@H]3CN(Cc4cn[nH]c4C(C)(C)C)C[C@H]32)nc1. The van der Waals surface area contributed by atoms with Crippen LogP contribution in [0.3, 0.4) is 0 Å². The Morgan fingerprint density at radius 1 is 1.27 bits per heavy atom. The molecule has 1 saturated carbocycles. The topological polar surface area (TPSA) is 65.0 Å². The summed E-state index contributed by atoms with van der Waals surface area (Å²) in [6, 6.07) is 4.07. The monoisotopic (exact) mass is 354 g/mol. The summed E-state index contributed by atoms with van der Waals surface area (Å²) >= 11 is 0. The summed E-state index contributed by atoms with van der Waals surface area (Å²) in [4.78, 5) is 7.04. The van der Waals surface area contributed by atoms with Crippen molar-refractivity contribution < 1.29 is 5.11 Å². The van der Waals surface area contributed by atoms with Crippen molar-refractivity contribution >= 4 is 0 Å². The number of fused-ring (bicyclic) bond motifs is 1. The van der Waals surface area contributed by atoms with Gasteiger partial charge in [-0.05, 0) is 37.3 Å². The molecule has 3 atom stereocenters. The van der Waals surface area contributed by atoms with Gasteiger partial charge in [-0.25, -0.2) is 0 Å². The van der Waals surface area contributed by atoms with Gasteiger partial charge in [0.1, 0.15) is 5.60 Å². The number of likely N-dealkylation sites (tertiary alicyclic amines) is 1. The number of rotatable bonds is 3. The fourth-order valence-electron chi connectivity index (χ4n) is 4.88. The Bertz CT molecular complexity index is 776. The Kier molecular flexibility index (Phi) is 4.20. The maximum Gasteiger partial charge on any atom is 0.111 e. The van der Waals surface area contributed by atoms with E-state index in [1.807, 2.05) is 25.4 Å². The molecular weight excluding hydrogens is 324 g/mol. The van der Waals surface area contributed by atoms with Gasteiger partial charge in [0.05, 0.1) is 11.9 Å². The number of aliphatic hydroxyl groups is 1. The Morgan fingerprint density at radius 3 is 2.77 bits per heavy atom. The van der Waals surface area contributed by atoms with Crippen molar-refractivity contribution in [3.8, 4) is 0 Å². The van der Waals surface area contributed by atoms with E-state index in [0.717, 1.165) is 43.7 Å². The largest absolute Gasteiger partial charge is 0.383 e. The lowest BCUT2D eigenvalue weighted by molar-refractivity contribution is -0.0108. The number of aryl methyl sites for hydroxylation is 1. The summed E-state index contributed by atoms with van der Waals surface area (Å²) in [6.07, 6.45) is 5.73. The molecule has 0 radical (unpaired) electrons. The van der Waals surface area contributed by atoms with Crippen LogP contribution >= 0.6 is 0 Å². The third kappa shape index (κ3) is 2.97. The minimum absolute atomic E-state index is 0.0635. The van der Waals surface area contributed by atoms with Crippen molar-refractivity contribution in [1.82, 2.24) is 20.1 Å². The van der Waals surface area contributed by atoms with Gasteiger partial charge < -0.3 is 5.11 Å². The molecule has 0 amide bonds. The lowest BCUT2D eigenvalue weighted by Crippen LogP contribution is -2.35. The maximum absolute atomic E-state index is 11.4. The molecule has 2 aromatic rings. The van der Waals surface area contributed by atoms with Crippen LogP contribution in [0.2, 0.25) is 0 Å². The average Bonchev–Trinajstić information content (AvgIpc) is 3.26. The number of hydrogen-bond acceptors (Lipinski definition) is 4. The summed E-state index contributed by atoms with van der Waals surface area (Å²) < 4.78 is 0. The molecule has 0 spiro atoms. The van der Waals surface area contributed by atoms with Crippen LogP contribution in [0.25, 0.3) is 0 Å². The van der Waals surface area contributed by atoms with E-state index in [4.69, 9.17) is 0 Å². The van der Waals surface area contributed by atoms with Gasteiger partial charge in [0.2, 0.25) is 0 Å². The third-order valence-electron chi connectivity index (χ3n) is 6.24. The van der Waals surface area contributed by atoms with E-state index in [1.54, 1.807) is 0 Å². The molecule has 1 aliphatic carbocycles. The molecule has 26 heavy (non-hydrogen) atoms. The molecule has 5 nitrogen and oxygen atoms in total. The van der Waals surface area contributed by atoms with Gasteiger partial charge in [-0.3, -0.25) is 15.0 Å². The van der Waals surface area contributed by atoms with E-state index in [1.165, 1.54) is 11.3 Å². The lowest BCUT2D eigenvalue weighted by Gasteiger charge is -2.30. The van der Waals surface area contributed by atoms with Crippen molar-refractivity contribution in [3.05, 3.63) is 47.0 Å². The second-order valence-electron chi connectivity index (χ2n) is 9.26. The fraction of sp³-hybridized carbons (Fsp3) is 0.619. The molecule has 2 N–H and O–H groups in total.